The van der Waals surface area contributed by atoms with Gasteiger partial charge in [-0.2, -0.15) is 8.61 Å². The van der Waals surface area contributed by atoms with Crippen LogP contribution < -0.4 is 0 Å². The molecule has 0 saturated carbocycles. The van der Waals surface area contributed by atoms with E-state index in [1.54, 1.807) is 72.8 Å². The molecule has 0 aliphatic carbocycles. The number of hydrogen-bond acceptors (Lipinski definition) is 5. The third kappa shape index (κ3) is 5.52. The molecule has 0 radical (unpaired) electrons. The summed E-state index contributed by atoms with van der Waals surface area (Å²) in [4.78, 5) is 14.2. The fourth-order valence-electron chi connectivity index (χ4n) is 6.47. The van der Waals surface area contributed by atoms with Crippen molar-refractivity contribution in [2.45, 2.75) is 54.6 Å². The summed E-state index contributed by atoms with van der Waals surface area (Å²) in [6, 6.07) is 27.1. The number of hydrogen-bond donors (Lipinski definition) is 0. The zero-order chi connectivity index (χ0) is 31.2. The second kappa shape index (κ2) is 11.9. The van der Waals surface area contributed by atoms with E-state index < -0.39 is 44.1 Å². The molecule has 0 N–H and O–H groups in total. The van der Waals surface area contributed by atoms with Crippen molar-refractivity contribution in [3.63, 3.8) is 0 Å². The molecule has 2 aliphatic rings. The van der Waals surface area contributed by atoms with Gasteiger partial charge in [-0.3, -0.25) is 4.79 Å². The molecule has 2 heterocycles. The normalized spacial score (nSPS) is 23.3. The summed E-state index contributed by atoms with van der Waals surface area (Å²) in [7, 11) is -8.19. The lowest BCUT2D eigenvalue weighted by molar-refractivity contribution is -0.132. The lowest BCUT2D eigenvalue weighted by Gasteiger charge is -2.51. The van der Waals surface area contributed by atoms with Gasteiger partial charge in [0.25, 0.3) is 0 Å². The number of benzene rings is 4. The van der Waals surface area contributed by atoms with Crippen LogP contribution in [-0.4, -0.2) is 43.8 Å². The molecule has 10 heteroatoms. The van der Waals surface area contributed by atoms with Gasteiger partial charge in [-0.15, -0.1) is 0 Å². The Morgan fingerprint density at radius 1 is 0.682 bits per heavy atom. The number of Topliss-reactive ketones (excluding diaryl/α,β-unsaturated/α-hetero) is 1. The molecule has 2 fully saturated rings. The fourth-order valence-corrected chi connectivity index (χ4v) is 10.2. The monoisotopic (exact) mass is 648 g/mol. The number of ketones is 1. The third-order valence-electron chi connectivity index (χ3n) is 8.77. The minimum absolute atomic E-state index is 0.0948. The molecule has 4 aromatic carbocycles. The quantitative estimate of drug-likeness (QED) is 0.239. The van der Waals surface area contributed by atoms with Crippen molar-refractivity contribution < 1.29 is 21.6 Å². The van der Waals surface area contributed by atoms with Crippen LogP contribution in [0.15, 0.2) is 113 Å². The predicted molar refractivity (Wildman–Crippen MR) is 170 cm³/mol. The number of piperidine rings is 2. The summed E-state index contributed by atoms with van der Waals surface area (Å²) in [5, 5.41) is 0.367. The molecule has 2 aliphatic heterocycles. The molecule has 4 aromatic rings. The maximum absolute atomic E-state index is 14.6. The van der Waals surface area contributed by atoms with Gasteiger partial charge in [0.2, 0.25) is 20.0 Å². The van der Waals surface area contributed by atoms with E-state index in [1.807, 2.05) is 44.2 Å². The summed E-state index contributed by atoms with van der Waals surface area (Å²) < 4.78 is 60.4. The molecule has 228 valence electrons. The van der Waals surface area contributed by atoms with Crippen LogP contribution in [0.2, 0.25) is 5.02 Å². The standard InChI is InChI=1S/C34H33ClN2O5S2/c1-23-12-16-26(17-13-23)43(39,40)36-22-29-32(20-31(36)25-8-4-3-5-9-25)37(44(41,42)27-18-14-24(2)15-19-27)33(21-34(29)38)28-10-6-7-11-30(28)35/h3-19,29,31-33H,20-22H2,1-2H3/t29?,31?,32?,33-/m0/s1. The Bertz CT molecular complexity index is 1900. The predicted octanol–water partition coefficient (Wildman–Crippen LogP) is 6.48. The third-order valence-corrected chi connectivity index (χ3v) is 12.9. The van der Waals surface area contributed by atoms with E-state index in [2.05, 4.69) is 0 Å². The van der Waals surface area contributed by atoms with Crippen molar-refractivity contribution in [3.8, 4) is 0 Å². The van der Waals surface area contributed by atoms with Gasteiger partial charge in [0.15, 0.2) is 0 Å². The first-order valence-electron chi connectivity index (χ1n) is 14.5. The van der Waals surface area contributed by atoms with Crippen LogP contribution in [0.3, 0.4) is 0 Å². The van der Waals surface area contributed by atoms with E-state index in [4.69, 9.17) is 11.6 Å². The van der Waals surface area contributed by atoms with Crippen LogP contribution in [-0.2, 0) is 24.8 Å². The Kier molecular flexibility index (Phi) is 8.28. The second-order valence-corrected chi connectivity index (χ2v) is 15.7. The average molecular weight is 649 g/mol. The number of halogens is 1. The smallest absolute Gasteiger partial charge is 0.243 e. The first-order valence-corrected chi connectivity index (χ1v) is 17.7. The van der Waals surface area contributed by atoms with E-state index in [0.717, 1.165) is 16.7 Å². The van der Waals surface area contributed by atoms with Gasteiger partial charge in [-0.25, -0.2) is 16.8 Å². The number of nitrogens with zero attached hydrogens (tertiary/aromatic N) is 2. The lowest BCUT2D eigenvalue weighted by Crippen LogP contribution is -2.60. The molecule has 6 rings (SSSR count). The van der Waals surface area contributed by atoms with Crippen LogP contribution in [0.25, 0.3) is 0 Å². The van der Waals surface area contributed by atoms with Crippen LogP contribution in [0.5, 0.6) is 0 Å². The van der Waals surface area contributed by atoms with Crippen molar-refractivity contribution in [1.29, 1.82) is 0 Å². The van der Waals surface area contributed by atoms with Crippen molar-refractivity contribution in [2.75, 3.05) is 6.54 Å². The number of sulfonamides is 2. The zero-order valence-corrected chi connectivity index (χ0v) is 26.8. The maximum atomic E-state index is 14.6. The van der Waals surface area contributed by atoms with Gasteiger partial charge in [-0.05, 0) is 61.7 Å². The first kappa shape index (κ1) is 30.7. The molecule has 3 unspecified atom stereocenters. The summed E-state index contributed by atoms with van der Waals surface area (Å²) in [6.07, 6.45) is -0.0258. The Labute approximate surface area is 264 Å². The van der Waals surface area contributed by atoms with Crippen molar-refractivity contribution in [3.05, 3.63) is 130 Å². The Morgan fingerprint density at radius 3 is 1.82 bits per heavy atom. The molecular formula is C34H33ClN2O5S2. The molecule has 0 aromatic heterocycles. The van der Waals surface area contributed by atoms with Gasteiger partial charge < -0.3 is 0 Å². The topological polar surface area (TPSA) is 91.8 Å². The lowest BCUT2D eigenvalue weighted by atomic mass is 9.77. The summed E-state index contributed by atoms with van der Waals surface area (Å²) in [6.45, 7) is 3.62. The number of aryl methyl sites for hydroxylation is 2. The van der Waals surface area contributed by atoms with E-state index in [0.29, 0.717) is 10.6 Å². The molecule has 0 spiro atoms. The SMILES string of the molecule is Cc1ccc(S(=O)(=O)N2CC3C(=O)C[C@@H](c4ccccc4Cl)N(S(=O)(=O)c4ccc(C)cc4)C3CC2c2ccccc2)cc1. The van der Waals surface area contributed by atoms with Crippen LogP contribution in [0.4, 0.5) is 0 Å². The summed E-state index contributed by atoms with van der Waals surface area (Å²) in [5.41, 5.74) is 3.11. The molecule has 2 saturated heterocycles. The maximum Gasteiger partial charge on any atom is 0.243 e. The first-order chi connectivity index (χ1) is 21.0. The largest absolute Gasteiger partial charge is 0.299 e. The Balaban J connectivity index is 1.51. The van der Waals surface area contributed by atoms with E-state index in [9.17, 15) is 21.6 Å². The van der Waals surface area contributed by atoms with Crippen molar-refractivity contribution in [1.82, 2.24) is 8.61 Å². The number of rotatable bonds is 6. The van der Waals surface area contributed by atoms with Gasteiger partial charge >= 0.3 is 0 Å². The highest BCUT2D eigenvalue weighted by atomic mass is 35.5. The number of fused-ring (bicyclic) bond motifs is 1. The zero-order valence-electron chi connectivity index (χ0n) is 24.4. The Morgan fingerprint density at radius 2 is 1.23 bits per heavy atom. The molecule has 4 atom stereocenters. The second-order valence-electron chi connectivity index (χ2n) is 11.6. The van der Waals surface area contributed by atoms with Crippen LogP contribution >= 0.6 is 11.6 Å². The molecule has 7 nitrogen and oxygen atoms in total. The molecular weight excluding hydrogens is 616 g/mol. The van der Waals surface area contributed by atoms with E-state index in [-0.39, 0.29) is 35.0 Å². The van der Waals surface area contributed by atoms with Crippen molar-refractivity contribution in [2.24, 2.45) is 5.92 Å². The summed E-state index contributed by atoms with van der Waals surface area (Å²) in [5.74, 6) is -1.06. The number of carbonyl (C=O) groups is 1. The number of carbonyl (C=O) groups excluding carboxylic acids is 1. The highest BCUT2D eigenvalue weighted by Gasteiger charge is 2.54. The van der Waals surface area contributed by atoms with Gasteiger partial charge in [0, 0.05) is 29.9 Å². The van der Waals surface area contributed by atoms with Gasteiger partial charge in [0.05, 0.1) is 21.9 Å². The highest BCUT2D eigenvalue weighted by Crippen LogP contribution is 2.48. The van der Waals surface area contributed by atoms with E-state index in [1.165, 1.54) is 8.61 Å². The van der Waals surface area contributed by atoms with Gasteiger partial charge in [0.1, 0.15) is 5.78 Å². The Hall–Kier alpha value is -3.34. The van der Waals surface area contributed by atoms with Crippen LogP contribution in [0.1, 0.15) is 47.2 Å². The van der Waals surface area contributed by atoms with Gasteiger partial charge in [-0.1, -0.05) is 95.5 Å². The van der Waals surface area contributed by atoms with Crippen molar-refractivity contribution >= 4 is 37.4 Å². The molecule has 0 amide bonds. The minimum Gasteiger partial charge on any atom is -0.299 e. The van der Waals surface area contributed by atoms with Crippen LogP contribution in [0, 0.1) is 19.8 Å². The fraction of sp³-hybridized carbons (Fsp3) is 0.265. The highest BCUT2D eigenvalue weighted by molar-refractivity contribution is 7.89. The average Bonchev–Trinajstić information content (AvgIpc) is 3.01. The minimum atomic E-state index is -4.15. The molecule has 0 bridgehead atoms. The summed E-state index contributed by atoms with van der Waals surface area (Å²) >= 11 is 6.63. The molecule has 44 heavy (non-hydrogen) atoms. The van der Waals surface area contributed by atoms with E-state index >= 15 is 0 Å².